The van der Waals surface area contributed by atoms with Crippen molar-refractivity contribution in [1.29, 1.82) is 0 Å². The average Bonchev–Trinajstić information content (AvgIpc) is 3.06. The number of piperidine rings is 1. The van der Waals surface area contributed by atoms with E-state index in [1.54, 1.807) is 0 Å². The van der Waals surface area contributed by atoms with Crippen LogP contribution in [-0.2, 0) is 20.7 Å². The molecule has 0 unspecified atom stereocenters. The summed E-state index contributed by atoms with van der Waals surface area (Å²) in [7, 11) is 0. The molecule has 110 valence electrons. The number of hydrogen-bond donors (Lipinski definition) is 0. The van der Waals surface area contributed by atoms with Crippen LogP contribution in [-0.4, -0.2) is 42.9 Å². The van der Waals surface area contributed by atoms with Crippen LogP contribution in [0.15, 0.2) is 16.5 Å². The highest BCUT2D eigenvalue weighted by Crippen LogP contribution is 2.30. The van der Waals surface area contributed by atoms with Crippen molar-refractivity contribution in [1.82, 2.24) is 4.90 Å². The molecule has 0 bridgehead atoms. The van der Waals surface area contributed by atoms with Crippen molar-refractivity contribution in [2.24, 2.45) is 0 Å². The highest BCUT2D eigenvalue weighted by Gasteiger charge is 2.41. The lowest BCUT2D eigenvalue weighted by Crippen LogP contribution is -2.51. The second-order valence-corrected chi connectivity index (χ2v) is 5.54. The lowest BCUT2D eigenvalue weighted by molar-refractivity contribution is -0.193. The fourth-order valence-electron chi connectivity index (χ4n) is 2.94. The SMILES string of the molecule is Cc1ccc(CCC(=O)N2CCCC3(C2)OCCO3)o1. The first kappa shape index (κ1) is 13.6. The molecule has 0 atom stereocenters. The van der Waals surface area contributed by atoms with Gasteiger partial charge in [-0.25, -0.2) is 0 Å². The molecule has 1 amide bonds. The molecule has 3 rings (SSSR count). The number of nitrogens with zero attached hydrogens (tertiary/aromatic N) is 1. The van der Waals surface area contributed by atoms with E-state index in [4.69, 9.17) is 13.9 Å². The van der Waals surface area contributed by atoms with Gasteiger partial charge < -0.3 is 18.8 Å². The second-order valence-electron chi connectivity index (χ2n) is 5.54. The maximum Gasteiger partial charge on any atom is 0.223 e. The monoisotopic (exact) mass is 279 g/mol. The van der Waals surface area contributed by atoms with Gasteiger partial charge in [-0.1, -0.05) is 0 Å². The van der Waals surface area contributed by atoms with Crippen molar-refractivity contribution >= 4 is 5.91 Å². The predicted molar refractivity (Wildman–Crippen MR) is 72.2 cm³/mol. The minimum atomic E-state index is -0.533. The van der Waals surface area contributed by atoms with Crippen LogP contribution in [0.3, 0.4) is 0 Å². The zero-order valence-corrected chi connectivity index (χ0v) is 11.9. The highest BCUT2D eigenvalue weighted by molar-refractivity contribution is 5.76. The summed E-state index contributed by atoms with van der Waals surface area (Å²) in [6.45, 7) is 4.53. The van der Waals surface area contributed by atoms with E-state index in [2.05, 4.69) is 0 Å². The number of hydrogen-bond acceptors (Lipinski definition) is 4. The molecule has 0 radical (unpaired) electrons. The summed E-state index contributed by atoms with van der Waals surface area (Å²) in [5.74, 6) is 1.38. The van der Waals surface area contributed by atoms with E-state index in [9.17, 15) is 4.79 Å². The topological polar surface area (TPSA) is 51.9 Å². The van der Waals surface area contributed by atoms with Crippen LogP contribution < -0.4 is 0 Å². The van der Waals surface area contributed by atoms with Crippen molar-refractivity contribution in [3.63, 3.8) is 0 Å². The molecule has 2 aliphatic rings. The third-order valence-corrected chi connectivity index (χ3v) is 3.97. The highest BCUT2D eigenvalue weighted by atomic mass is 16.7. The van der Waals surface area contributed by atoms with Crippen molar-refractivity contribution in [3.05, 3.63) is 23.7 Å². The van der Waals surface area contributed by atoms with Crippen LogP contribution in [0.2, 0.25) is 0 Å². The summed E-state index contributed by atoms with van der Waals surface area (Å²) in [6, 6.07) is 3.86. The van der Waals surface area contributed by atoms with Crippen LogP contribution in [0.1, 0.15) is 30.8 Å². The Balaban J connectivity index is 1.54. The zero-order chi connectivity index (χ0) is 14.0. The van der Waals surface area contributed by atoms with E-state index >= 15 is 0 Å². The normalized spacial score (nSPS) is 21.6. The van der Waals surface area contributed by atoms with E-state index in [0.29, 0.717) is 32.6 Å². The number of furan rings is 1. The van der Waals surface area contributed by atoms with Crippen LogP contribution >= 0.6 is 0 Å². The fraction of sp³-hybridized carbons (Fsp3) is 0.667. The summed E-state index contributed by atoms with van der Waals surface area (Å²) in [5.41, 5.74) is 0. The molecule has 0 aromatic carbocycles. The number of carbonyl (C=O) groups excluding carboxylic acids is 1. The minimum Gasteiger partial charge on any atom is -0.466 e. The predicted octanol–water partition coefficient (Wildman–Crippen LogP) is 1.89. The summed E-state index contributed by atoms with van der Waals surface area (Å²) in [5, 5.41) is 0. The molecule has 0 saturated carbocycles. The first-order chi connectivity index (χ1) is 9.67. The Hall–Kier alpha value is -1.33. The molecule has 2 fully saturated rings. The Bertz CT molecular complexity index is 476. The molecule has 5 nitrogen and oxygen atoms in total. The average molecular weight is 279 g/mol. The first-order valence-corrected chi connectivity index (χ1v) is 7.28. The van der Waals surface area contributed by atoms with Gasteiger partial charge in [0.05, 0.1) is 19.8 Å². The van der Waals surface area contributed by atoms with E-state index in [1.807, 2.05) is 24.0 Å². The van der Waals surface area contributed by atoms with Gasteiger partial charge in [-0.3, -0.25) is 4.79 Å². The summed E-state index contributed by atoms with van der Waals surface area (Å²) >= 11 is 0. The Morgan fingerprint density at radius 3 is 2.85 bits per heavy atom. The molecular weight excluding hydrogens is 258 g/mol. The van der Waals surface area contributed by atoms with Crippen LogP contribution in [0.5, 0.6) is 0 Å². The molecule has 1 spiro atoms. The summed E-state index contributed by atoms with van der Waals surface area (Å²) in [6.07, 6.45) is 2.95. The second kappa shape index (κ2) is 5.58. The van der Waals surface area contributed by atoms with Crippen LogP contribution in [0.4, 0.5) is 0 Å². The van der Waals surface area contributed by atoms with Gasteiger partial charge in [-0.15, -0.1) is 0 Å². The van der Waals surface area contributed by atoms with Crippen molar-refractivity contribution in [3.8, 4) is 0 Å². The third kappa shape index (κ3) is 2.88. The summed E-state index contributed by atoms with van der Waals surface area (Å²) < 4.78 is 16.9. The van der Waals surface area contributed by atoms with Gasteiger partial charge in [0.25, 0.3) is 0 Å². The smallest absolute Gasteiger partial charge is 0.223 e. The van der Waals surface area contributed by atoms with Gasteiger partial charge in [0.2, 0.25) is 5.91 Å². The van der Waals surface area contributed by atoms with Gasteiger partial charge in [-0.05, 0) is 25.5 Å². The zero-order valence-electron chi connectivity index (χ0n) is 11.9. The molecular formula is C15H21NO4. The molecule has 2 aliphatic heterocycles. The molecule has 0 aliphatic carbocycles. The van der Waals surface area contributed by atoms with Crippen molar-refractivity contribution < 1.29 is 18.7 Å². The Morgan fingerprint density at radius 2 is 2.15 bits per heavy atom. The Labute approximate surface area is 118 Å². The quantitative estimate of drug-likeness (QED) is 0.848. The lowest BCUT2D eigenvalue weighted by atomic mass is 10.0. The molecule has 1 aromatic heterocycles. The van der Waals surface area contributed by atoms with Gasteiger partial charge in [-0.2, -0.15) is 0 Å². The number of amides is 1. The molecule has 1 aromatic rings. The number of aryl methyl sites for hydroxylation is 2. The van der Waals surface area contributed by atoms with Gasteiger partial charge in [0.1, 0.15) is 11.5 Å². The number of likely N-dealkylation sites (tertiary alicyclic amines) is 1. The maximum atomic E-state index is 12.3. The molecule has 0 N–H and O–H groups in total. The van der Waals surface area contributed by atoms with Gasteiger partial charge in [0.15, 0.2) is 5.79 Å². The molecule has 2 saturated heterocycles. The largest absolute Gasteiger partial charge is 0.466 e. The third-order valence-electron chi connectivity index (χ3n) is 3.97. The lowest BCUT2D eigenvalue weighted by Gasteiger charge is -2.38. The van der Waals surface area contributed by atoms with Crippen LogP contribution in [0, 0.1) is 6.92 Å². The Morgan fingerprint density at radius 1 is 1.35 bits per heavy atom. The molecule has 20 heavy (non-hydrogen) atoms. The van der Waals surface area contributed by atoms with Crippen molar-refractivity contribution in [2.75, 3.05) is 26.3 Å². The van der Waals surface area contributed by atoms with Crippen molar-refractivity contribution in [2.45, 2.75) is 38.4 Å². The molecule has 3 heterocycles. The molecule has 5 heteroatoms. The van der Waals surface area contributed by atoms with Gasteiger partial charge >= 0.3 is 0 Å². The Kier molecular flexibility index (Phi) is 3.81. The van der Waals surface area contributed by atoms with E-state index in [1.165, 1.54) is 0 Å². The maximum absolute atomic E-state index is 12.3. The summed E-state index contributed by atoms with van der Waals surface area (Å²) in [4.78, 5) is 14.2. The van der Waals surface area contributed by atoms with Gasteiger partial charge in [0, 0.05) is 25.8 Å². The number of ether oxygens (including phenoxy) is 2. The first-order valence-electron chi connectivity index (χ1n) is 7.28. The standard InChI is InChI=1S/C15H21NO4/c1-12-3-4-13(20-12)5-6-14(17)16-8-2-7-15(11-16)18-9-10-19-15/h3-4H,2,5-11H2,1H3. The van der Waals surface area contributed by atoms with E-state index in [-0.39, 0.29) is 5.91 Å². The van der Waals surface area contributed by atoms with E-state index in [0.717, 1.165) is 30.9 Å². The number of carbonyl (C=O) groups is 1. The van der Waals surface area contributed by atoms with Crippen LogP contribution in [0.25, 0.3) is 0 Å². The minimum absolute atomic E-state index is 0.150. The fourth-order valence-corrected chi connectivity index (χ4v) is 2.94. The van der Waals surface area contributed by atoms with E-state index < -0.39 is 5.79 Å². The number of rotatable bonds is 3.